The van der Waals surface area contributed by atoms with Crippen molar-refractivity contribution in [3.63, 3.8) is 0 Å². The van der Waals surface area contributed by atoms with Gasteiger partial charge in [0.05, 0.1) is 16.8 Å². The number of para-hydroxylation sites is 1. The quantitative estimate of drug-likeness (QED) is 0.173. The maximum absolute atomic E-state index is 6.31. The van der Waals surface area contributed by atoms with E-state index in [-0.39, 0.29) is 0 Å². The molecule has 0 saturated heterocycles. The summed E-state index contributed by atoms with van der Waals surface area (Å²) < 4.78 is 6.31. The minimum Gasteiger partial charge on any atom is -0.456 e. The summed E-state index contributed by atoms with van der Waals surface area (Å²) in [6.07, 6.45) is 0. The summed E-state index contributed by atoms with van der Waals surface area (Å²) in [5.41, 5.74) is 22.7. The van der Waals surface area contributed by atoms with Crippen LogP contribution in [-0.4, -0.2) is 9.97 Å². The van der Waals surface area contributed by atoms with E-state index >= 15 is 0 Å². The zero-order valence-electron chi connectivity index (χ0n) is 36.9. The molecule has 0 saturated carbocycles. The van der Waals surface area contributed by atoms with Crippen molar-refractivity contribution in [1.82, 2.24) is 9.97 Å². The van der Waals surface area contributed by atoms with E-state index in [1.807, 2.05) is 12.1 Å². The molecule has 12 aromatic rings. The summed E-state index contributed by atoms with van der Waals surface area (Å²) in [5.74, 6) is 0.661. The molecule has 0 atom stereocenters. The lowest BCUT2D eigenvalue weighted by molar-refractivity contribution is 0.669. The highest BCUT2D eigenvalue weighted by Gasteiger charge is 2.49. The van der Waals surface area contributed by atoms with E-state index in [0.29, 0.717) is 5.82 Å². The molecular weight excluding hydrogens is 825 g/mol. The van der Waals surface area contributed by atoms with E-state index in [1.54, 1.807) is 0 Å². The molecule has 0 fully saturated rings. The smallest absolute Gasteiger partial charge is 0.160 e. The van der Waals surface area contributed by atoms with Gasteiger partial charge >= 0.3 is 0 Å². The zero-order chi connectivity index (χ0) is 44.8. The van der Waals surface area contributed by atoms with Crippen LogP contribution in [0.2, 0.25) is 0 Å². The number of nitrogens with zero attached hydrogens (tertiary/aromatic N) is 2. The van der Waals surface area contributed by atoms with Crippen molar-refractivity contribution >= 4 is 21.9 Å². The first kappa shape index (κ1) is 38.4. The fraction of sp³-hybridized carbons (Fsp3) is 0.0154. The molecule has 2 heterocycles. The summed E-state index contributed by atoms with van der Waals surface area (Å²) >= 11 is 0. The maximum Gasteiger partial charge on any atom is 0.160 e. The molecule has 14 rings (SSSR count). The average molecular weight is 865 g/mol. The molecule has 3 heteroatoms. The molecule has 2 aromatic heterocycles. The number of fused-ring (bicyclic) bond motifs is 15. The molecule has 0 amide bonds. The second-order valence-electron chi connectivity index (χ2n) is 18.0. The van der Waals surface area contributed by atoms with Crippen LogP contribution in [0.5, 0.6) is 0 Å². The van der Waals surface area contributed by atoms with Crippen LogP contribution in [0.3, 0.4) is 0 Å². The third-order valence-electron chi connectivity index (χ3n) is 14.3. The molecule has 0 bridgehead atoms. The van der Waals surface area contributed by atoms with Crippen LogP contribution in [-0.2, 0) is 5.41 Å². The Hall–Kier alpha value is -8.92. The van der Waals surface area contributed by atoms with Crippen LogP contribution in [0.25, 0.3) is 111 Å². The number of rotatable bonds is 5. The molecule has 3 nitrogen and oxygen atoms in total. The van der Waals surface area contributed by atoms with Gasteiger partial charge in [0, 0.05) is 27.5 Å². The molecule has 0 radical (unpaired) electrons. The summed E-state index contributed by atoms with van der Waals surface area (Å²) in [4.78, 5) is 11.1. The van der Waals surface area contributed by atoms with Gasteiger partial charge in [-0.3, -0.25) is 0 Å². The molecule has 0 aliphatic heterocycles. The number of aromatic nitrogens is 2. The van der Waals surface area contributed by atoms with E-state index in [2.05, 4.69) is 231 Å². The normalized spacial score (nSPS) is 12.8. The first-order valence-corrected chi connectivity index (χ1v) is 23.3. The number of hydrogen-bond donors (Lipinski definition) is 0. The van der Waals surface area contributed by atoms with Gasteiger partial charge < -0.3 is 4.42 Å². The van der Waals surface area contributed by atoms with Gasteiger partial charge in [-0.15, -0.1) is 0 Å². The van der Waals surface area contributed by atoms with Crippen LogP contribution in [0.4, 0.5) is 0 Å². The van der Waals surface area contributed by atoms with Crippen LogP contribution < -0.4 is 0 Å². The van der Waals surface area contributed by atoms with Crippen molar-refractivity contribution in [2.45, 2.75) is 5.41 Å². The highest BCUT2D eigenvalue weighted by molar-refractivity contribution is 6.06. The van der Waals surface area contributed by atoms with Gasteiger partial charge in [-0.25, -0.2) is 9.97 Å². The Morgan fingerprint density at radius 3 is 1.34 bits per heavy atom. The van der Waals surface area contributed by atoms with Gasteiger partial charge in [-0.05, 0) is 132 Å². The van der Waals surface area contributed by atoms with Crippen molar-refractivity contribution in [3.8, 4) is 89.5 Å². The minimum absolute atomic E-state index is 0.628. The van der Waals surface area contributed by atoms with Crippen LogP contribution >= 0.6 is 0 Å². The Kier molecular flexibility index (Phi) is 8.50. The Labute approximate surface area is 394 Å². The summed E-state index contributed by atoms with van der Waals surface area (Å²) in [6.45, 7) is 0. The second kappa shape index (κ2) is 15.1. The fourth-order valence-corrected chi connectivity index (χ4v) is 11.3. The van der Waals surface area contributed by atoms with Crippen molar-refractivity contribution < 1.29 is 4.42 Å². The summed E-state index contributed by atoms with van der Waals surface area (Å²) in [7, 11) is 0. The average Bonchev–Trinajstić information content (AvgIpc) is 3.90. The van der Waals surface area contributed by atoms with E-state index < -0.39 is 5.41 Å². The van der Waals surface area contributed by atoms with Crippen molar-refractivity contribution in [1.29, 1.82) is 0 Å². The second-order valence-corrected chi connectivity index (χ2v) is 18.0. The number of benzene rings is 10. The first-order valence-electron chi connectivity index (χ1n) is 23.3. The zero-order valence-corrected chi connectivity index (χ0v) is 36.9. The van der Waals surface area contributed by atoms with E-state index in [9.17, 15) is 0 Å². The van der Waals surface area contributed by atoms with Gasteiger partial charge in [-0.2, -0.15) is 0 Å². The Morgan fingerprint density at radius 2 is 0.721 bits per heavy atom. The molecule has 0 N–H and O–H groups in total. The molecule has 2 aliphatic carbocycles. The molecule has 10 aromatic carbocycles. The van der Waals surface area contributed by atoms with Gasteiger partial charge in [-0.1, -0.05) is 188 Å². The fourth-order valence-electron chi connectivity index (χ4n) is 11.3. The first-order chi connectivity index (χ1) is 33.7. The van der Waals surface area contributed by atoms with Gasteiger partial charge in [0.1, 0.15) is 11.2 Å². The lowest BCUT2D eigenvalue weighted by Gasteiger charge is -2.35. The third kappa shape index (κ3) is 5.79. The van der Waals surface area contributed by atoms with E-state index in [1.165, 1.54) is 55.6 Å². The predicted molar refractivity (Wildman–Crippen MR) is 278 cm³/mol. The molecule has 316 valence electrons. The molecular formula is C65H40N2O. The predicted octanol–water partition coefficient (Wildman–Crippen LogP) is 16.7. The molecule has 2 aliphatic rings. The van der Waals surface area contributed by atoms with E-state index in [4.69, 9.17) is 14.4 Å². The number of hydrogen-bond acceptors (Lipinski definition) is 3. The Morgan fingerprint density at radius 1 is 0.265 bits per heavy atom. The molecule has 68 heavy (non-hydrogen) atoms. The van der Waals surface area contributed by atoms with Crippen molar-refractivity contribution in [3.05, 3.63) is 265 Å². The van der Waals surface area contributed by atoms with E-state index in [0.717, 1.165) is 72.3 Å². The van der Waals surface area contributed by atoms with Gasteiger partial charge in [0.15, 0.2) is 5.82 Å². The lowest BCUT2D eigenvalue weighted by Crippen LogP contribution is -2.29. The Bertz CT molecular complexity index is 3850. The van der Waals surface area contributed by atoms with Crippen molar-refractivity contribution in [2.24, 2.45) is 0 Å². The molecule has 0 unspecified atom stereocenters. The van der Waals surface area contributed by atoms with Crippen LogP contribution in [0.15, 0.2) is 247 Å². The maximum atomic E-state index is 6.31. The third-order valence-corrected chi connectivity index (χ3v) is 14.3. The van der Waals surface area contributed by atoms with Crippen molar-refractivity contribution in [2.75, 3.05) is 0 Å². The summed E-state index contributed by atoms with van der Waals surface area (Å²) in [5, 5.41) is 2.14. The van der Waals surface area contributed by atoms with Gasteiger partial charge in [0.25, 0.3) is 0 Å². The molecule has 1 spiro atoms. The SMILES string of the molecule is c1ccc(-c2cc(-c3ccccc3)cc(-c3cc(-c4ccc5oc6ccccc6c5c4)nc(-c4ccc5c(c4)C4(c6ccccc6-c6ccccc6-c6ccccc64)c4ccccc4-5)n3)c2)cc1. The van der Waals surface area contributed by atoms with Crippen LogP contribution in [0, 0.1) is 0 Å². The highest BCUT2D eigenvalue weighted by atomic mass is 16.3. The Balaban J connectivity index is 1.04. The van der Waals surface area contributed by atoms with Crippen LogP contribution in [0.1, 0.15) is 22.3 Å². The minimum atomic E-state index is -0.628. The summed E-state index contributed by atoms with van der Waals surface area (Å²) in [6, 6.07) is 87.8. The largest absolute Gasteiger partial charge is 0.456 e. The lowest BCUT2D eigenvalue weighted by atomic mass is 9.66. The highest BCUT2D eigenvalue weighted by Crippen LogP contribution is 2.61. The number of furan rings is 1. The standard InChI is InChI=1S/C65H40N2O/c1-3-17-41(18-4-1)45-35-46(42-19-5-2-6-20-42)37-47(36-45)61-40-60(43-32-34-63-55(38-43)54-26-12-16-30-62(54)68-63)66-64(67-61)44-31-33-53-52-25-11-15-29-58(52)65(59(53)39-44)56-27-13-9-23-50(56)48-21-7-8-22-49(48)51-24-10-14-28-57(51)65/h1-40H. The van der Waals surface area contributed by atoms with Gasteiger partial charge in [0.2, 0.25) is 0 Å². The monoisotopic (exact) mass is 864 g/mol. The topological polar surface area (TPSA) is 38.9 Å².